The fraction of sp³-hybridized carbons (Fsp3) is 0.462. The quantitative estimate of drug-likeness (QED) is 0.0597. The fourth-order valence-electron chi connectivity index (χ4n) is 10.2. The van der Waals surface area contributed by atoms with Gasteiger partial charge in [-0.05, 0) is 160 Å². The molecule has 6 nitrogen and oxygen atoms in total. The van der Waals surface area contributed by atoms with Gasteiger partial charge in [-0.15, -0.1) is 0 Å². The van der Waals surface area contributed by atoms with E-state index in [1.165, 1.54) is 40.5 Å². The summed E-state index contributed by atoms with van der Waals surface area (Å²) in [6.07, 6.45) is 15.2. The molecule has 0 unspecified atom stereocenters. The first-order valence-corrected chi connectivity index (χ1v) is 26.9. The summed E-state index contributed by atoms with van der Waals surface area (Å²) in [6.45, 7) is 29.9. The van der Waals surface area contributed by atoms with Gasteiger partial charge in [0.1, 0.15) is 0 Å². The van der Waals surface area contributed by atoms with Crippen molar-refractivity contribution in [2.45, 2.75) is 188 Å². The predicted octanol–water partition coefficient (Wildman–Crippen LogP) is 15.0. The van der Waals surface area contributed by atoms with Crippen molar-refractivity contribution in [2.75, 3.05) is 7.11 Å². The summed E-state index contributed by atoms with van der Waals surface area (Å²) < 4.78 is 17.3. The molecule has 0 amide bonds. The minimum Gasteiger partial charge on any atom is -0.469 e. The van der Waals surface area contributed by atoms with Gasteiger partial charge in [0.25, 0.3) is 0 Å². The highest BCUT2D eigenvalue weighted by molar-refractivity contribution is 6.62. The molecule has 5 aromatic carbocycles. The van der Waals surface area contributed by atoms with Gasteiger partial charge in [-0.25, -0.2) is 0 Å². The third-order valence-corrected chi connectivity index (χ3v) is 16.9. The molecule has 2 N–H and O–H groups in total. The fourth-order valence-corrected chi connectivity index (χ4v) is 10.2. The van der Waals surface area contributed by atoms with Gasteiger partial charge in [-0.3, -0.25) is 4.79 Å². The van der Waals surface area contributed by atoms with Crippen LogP contribution in [-0.2, 0) is 36.1 Å². The minimum absolute atomic E-state index is 0.0605. The highest BCUT2D eigenvalue weighted by atomic mass is 16.7. The number of rotatable bonds is 20. The predicted molar refractivity (Wildman–Crippen MR) is 304 cm³/mol. The van der Waals surface area contributed by atoms with E-state index in [9.17, 15) is 15.0 Å². The number of hydrogen-bond acceptors (Lipinski definition) is 6. The van der Waals surface area contributed by atoms with E-state index in [2.05, 4.69) is 178 Å². The zero-order valence-corrected chi connectivity index (χ0v) is 46.7. The average Bonchev–Trinajstić information content (AvgIpc) is 3.62. The minimum atomic E-state index is -0.745. The molecular weight excluding hydrogens is 888 g/mol. The van der Waals surface area contributed by atoms with E-state index in [4.69, 9.17) is 14.0 Å². The smallest absolute Gasteiger partial charge is 0.469 e. The zero-order chi connectivity index (χ0) is 53.1. The lowest BCUT2D eigenvalue weighted by Gasteiger charge is -2.34. The summed E-state index contributed by atoms with van der Waals surface area (Å²) in [5, 5.41) is 21.3. The van der Waals surface area contributed by atoms with Crippen molar-refractivity contribution in [2.24, 2.45) is 0 Å². The van der Waals surface area contributed by atoms with Crippen LogP contribution in [0.25, 0.3) is 23.3 Å². The van der Waals surface area contributed by atoms with Crippen molar-refractivity contribution in [1.82, 2.24) is 0 Å². The van der Waals surface area contributed by atoms with E-state index >= 15 is 0 Å². The molecule has 1 aliphatic heterocycles. The first-order chi connectivity index (χ1) is 34.1. The number of esters is 1. The van der Waals surface area contributed by atoms with Crippen LogP contribution in [0, 0.1) is 13.8 Å². The lowest BCUT2D eigenvalue weighted by Crippen LogP contribution is -2.41. The first-order valence-electron chi connectivity index (χ1n) is 26.9. The number of benzene rings is 5. The Hall–Kier alpha value is -5.05. The maximum Gasteiger partial charge on any atom is 0.494 e. The normalized spacial score (nSPS) is 15.0. The number of aryl methyl sites for hydroxylation is 2. The molecule has 0 aliphatic carbocycles. The average molecular weight is 975 g/mol. The third-order valence-electron chi connectivity index (χ3n) is 16.9. The van der Waals surface area contributed by atoms with Gasteiger partial charge in [0.2, 0.25) is 0 Å². The molecular formula is C65H87BO6. The van der Waals surface area contributed by atoms with Gasteiger partial charge in [-0.1, -0.05) is 189 Å². The van der Waals surface area contributed by atoms with Crippen molar-refractivity contribution in [3.05, 3.63) is 171 Å². The lowest BCUT2D eigenvalue weighted by molar-refractivity contribution is -0.139. The molecule has 6 rings (SSSR count). The largest absolute Gasteiger partial charge is 0.494 e. The third kappa shape index (κ3) is 12.8. The van der Waals surface area contributed by atoms with Gasteiger partial charge in [-0.2, -0.15) is 0 Å². The Morgan fingerprint density at radius 1 is 0.528 bits per heavy atom. The van der Waals surface area contributed by atoms with Crippen molar-refractivity contribution in [3.8, 4) is 11.1 Å². The number of methoxy groups -OCH3 is 1. The van der Waals surface area contributed by atoms with Gasteiger partial charge >= 0.3 is 13.1 Å². The molecule has 0 spiro atoms. The van der Waals surface area contributed by atoms with Crippen LogP contribution in [0.15, 0.2) is 121 Å². The summed E-state index contributed by atoms with van der Waals surface area (Å²) in [5.74, 6) is -0.227. The number of ether oxygens (including phenoxy) is 1. The molecule has 0 atom stereocenters. The highest BCUT2D eigenvalue weighted by Crippen LogP contribution is 2.42. The Morgan fingerprint density at radius 3 is 1.21 bits per heavy atom. The van der Waals surface area contributed by atoms with E-state index in [-0.39, 0.29) is 41.5 Å². The Balaban J connectivity index is 0.000000268. The molecule has 72 heavy (non-hydrogen) atoms. The zero-order valence-electron chi connectivity index (χ0n) is 46.7. The molecule has 0 saturated carbocycles. The molecule has 0 radical (unpaired) electrons. The van der Waals surface area contributed by atoms with Crippen molar-refractivity contribution in [3.63, 3.8) is 0 Å². The van der Waals surface area contributed by atoms with Gasteiger partial charge in [0.15, 0.2) is 0 Å². The summed E-state index contributed by atoms with van der Waals surface area (Å²) in [5.41, 5.74) is 12.1. The second kappa shape index (κ2) is 24.3. The molecule has 0 bridgehead atoms. The maximum absolute atomic E-state index is 11.5. The Labute approximate surface area is 435 Å². The van der Waals surface area contributed by atoms with Gasteiger partial charge < -0.3 is 24.3 Å². The van der Waals surface area contributed by atoms with E-state index in [0.717, 1.165) is 59.0 Å². The number of carbonyl (C=O) groups is 1. The van der Waals surface area contributed by atoms with Crippen LogP contribution in [0.2, 0.25) is 0 Å². The SMILES string of the molecule is CCC(O)(/C=C/c1ccc(C(CC)(CC)c2ccc(-c3ccc(CC(=O)OC)cc3)cc2)cc1C)CC.CCC(O)(/C=C/c1ccc(C(CC)(CC)c2ccc(B3OC(C)(C)C(C)(C)O3)cc2)cc1C)CC. The molecule has 1 saturated heterocycles. The van der Waals surface area contributed by atoms with Crippen LogP contribution >= 0.6 is 0 Å². The van der Waals surface area contributed by atoms with E-state index < -0.39 is 11.2 Å². The molecule has 0 aromatic heterocycles. The first kappa shape index (κ1) is 57.9. The van der Waals surface area contributed by atoms with Crippen molar-refractivity contribution in [1.29, 1.82) is 0 Å². The molecule has 386 valence electrons. The van der Waals surface area contributed by atoms with Crippen molar-refractivity contribution < 1.29 is 29.1 Å². The maximum atomic E-state index is 11.5. The Kier molecular flexibility index (Phi) is 19.5. The molecule has 1 heterocycles. The number of carbonyl (C=O) groups excluding carboxylic acids is 1. The van der Waals surface area contributed by atoms with Crippen LogP contribution in [0.3, 0.4) is 0 Å². The lowest BCUT2D eigenvalue weighted by atomic mass is 9.69. The summed E-state index contributed by atoms with van der Waals surface area (Å²) in [6, 6.07) is 39.4. The number of aliphatic hydroxyl groups is 2. The second-order valence-electron chi connectivity index (χ2n) is 21.2. The molecule has 7 heteroatoms. The highest BCUT2D eigenvalue weighted by Gasteiger charge is 2.51. The van der Waals surface area contributed by atoms with E-state index in [0.29, 0.717) is 25.7 Å². The van der Waals surface area contributed by atoms with E-state index in [1.807, 2.05) is 52.0 Å². The van der Waals surface area contributed by atoms with Crippen LogP contribution in [0.1, 0.15) is 185 Å². The monoisotopic (exact) mass is 975 g/mol. The topological polar surface area (TPSA) is 85.2 Å². The van der Waals surface area contributed by atoms with Crippen LogP contribution in [-0.4, -0.2) is 52.8 Å². The summed E-state index contributed by atoms with van der Waals surface area (Å²) >= 11 is 0. The van der Waals surface area contributed by atoms with Crippen LogP contribution in [0.4, 0.5) is 0 Å². The van der Waals surface area contributed by atoms with Crippen molar-refractivity contribution >= 4 is 30.7 Å². The van der Waals surface area contributed by atoms with Crippen LogP contribution in [0.5, 0.6) is 0 Å². The van der Waals surface area contributed by atoms with Gasteiger partial charge in [0.05, 0.1) is 35.9 Å². The molecule has 1 aliphatic rings. The standard InChI is InChI=1S/C34H42O3.C31H45BO3/c1-7-33(36,8-2)22-21-27-15-20-31(23-25(27)5)34(9-3,10-4)30-18-16-29(17-19-30)28-13-11-26(12-14-28)24-32(35)37-6;1-10-30(33,11-2)21-20-24-14-15-26(22-23(24)5)31(12-3,13-4)25-16-18-27(19-17-25)32-34-28(6,7)29(8,9)35-32/h11-23,36H,7-10,24H2,1-6H3;14-22,33H,10-13H2,1-9H3/b22-21+;21-20+. The van der Waals surface area contributed by atoms with Crippen LogP contribution < -0.4 is 5.46 Å². The molecule has 1 fully saturated rings. The van der Waals surface area contributed by atoms with Gasteiger partial charge in [0, 0.05) is 10.8 Å². The molecule has 5 aromatic rings. The summed E-state index contributed by atoms with van der Waals surface area (Å²) in [4.78, 5) is 11.5. The Bertz CT molecular complexity index is 2570. The van der Waals surface area contributed by atoms with E-state index in [1.54, 1.807) is 0 Å². The second-order valence-corrected chi connectivity index (χ2v) is 21.2. The summed E-state index contributed by atoms with van der Waals surface area (Å²) in [7, 11) is 1.07. The number of hydrogen-bond donors (Lipinski definition) is 2. The Morgan fingerprint density at radius 2 is 0.875 bits per heavy atom.